The van der Waals surface area contributed by atoms with E-state index in [1.54, 1.807) is 24.3 Å². The maximum Gasteiger partial charge on any atom is 0.403 e. The van der Waals surface area contributed by atoms with Gasteiger partial charge in [-0.3, -0.25) is 9.09 Å². The summed E-state index contributed by atoms with van der Waals surface area (Å²) in [6.07, 6.45) is -4.01. The van der Waals surface area contributed by atoms with Crippen LogP contribution in [0.5, 0.6) is 0 Å². The van der Waals surface area contributed by atoms with E-state index in [0.29, 0.717) is 0 Å². The van der Waals surface area contributed by atoms with Gasteiger partial charge in [-0.25, -0.2) is 14.4 Å². The van der Waals surface area contributed by atoms with Crippen LogP contribution in [0.1, 0.15) is 11.8 Å². The van der Waals surface area contributed by atoms with Gasteiger partial charge in [0.2, 0.25) is 0 Å². The number of aromatic nitrogens is 2. The van der Waals surface area contributed by atoms with Crippen molar-refractivity contribution in [2.75, 3.05) is 12.3 Å². The number of ether oxygens (including phenoxy) is 1. The van der Waals surface area contributed by atoms with Crippen LogP contribution in [0.4, 0.5) is 5.82 Å². The predicted molar refractivity (Wildman–Crippen MR) is 97.9 cm³/mol. The van der Waals surface area contributed by atoms with Crippen LogP contribution < -0.4 is 16.5 Å². The average molecular weight is 412 g/mol. The van der Waals surface area contributed by atoms with E-state index in [-0.39, 0.29) is 12.4 Å². The molecule has 2 heterocycles. The van der Waals surface area contributed by atoms with Crippen LogP contribution in [0.3, 0.4) is 0 Å². The van der Waals surface area contributed by atoms with Gasteiger partial charge in [0.25, 0.3) is 0 Å². The van der Waals surface area contributed by atoms with Crippen LogP contribution >= 0.6 is 7.75 Å². The van der Waals surface area contributed by atoms with Crippen molar-refractivity contribution >= 4 is 13.6 Å². The van der Waals surface area contributed by atoms with Crippen molar-refractivity contribution in [1.82, 2.24) is 14.6 Å². The van der Waals surface area contributed by atoms with Crippen molar-refractivity contribution in [2.24, 2.45) is 0 Å². The van der Waals surface area contributed by atoms with Gasteiger partial charge in [0, 0.05) is 12.7 Å². The van der Waals surface area contributed by atoms with Gasteiger partial charge in [0.05, 0.1) is 6.61 Å². The van der Waals surface area contributed by atoms with Gasteiger partial charge in [-0.1, -0.05) is 30.3 Å². The van der Waals surface area contributed by atoms with Crippen molar-refractivity contribution in [1.29, 1.82) is 0 Å². The van der Waals surface area contributed by atoms with Crippen LogP contribution in [0, 0.1) is 0 Å². The van der Waals surface area contributed by atoms with Crippen molar-refractivity contribution in [3.05, 3.63) is 58.6 Å². The highest BCUT2D eigenvalue weighted by molar-refractivity contribution is 7.50. The lowest BCUT2D eigenvalue weighted by atomic mass is 10.1. The number of rotatable bonds is 7. The maximum atomic E-state index is 12.1. The molecule has 1 aromatic heterocycles. The number of aliphatic hydroxyl groups is 2. The molecule has 28 heavy (non-hydrogen) atoms. The van der Waals surface area contributed by atoms with E-state index >= 15 is 0 Å². The molecule has 0 radical (unpaired) electrons. The molecule has 5 atom stereocenters. The number of nitrogens with one attached hydrogen (secondary N) is 1. The molecule has 1 aromatic carbocycles. The number of nitrogens with two attached hydrogens (primary N) is 1. The predicted octanol–water partition coefficient (Wildman–Crippen LogP) is -0.649. The van der Waals surface area contributed by atoms with E-state index in [9.17, 15) is 24.5 Å². The monoisotopic (exact) mass is 412 g/mol. The standard InChI is InChI=1S/C16H21N4O7P/c17-12-6-7-20(16(23)19-12)15-14(22)13(21)11(27-15)9-26-28(24,25)18-8-10-4-2-1-3-5-10/h1-7,11,13-15,21-22H,8-9H2,(H2,17,19,23)(H2,18,24,25)/t11-,13-,14+,15-/m1/s1. The lowest BCUT2D eigenvalue weighted by molar-refractivity contribution is -0.0527. The topological polar surface area (TPSA) is 169 Å². The number of nitrogen functional groups attached to an aromatic ring is 1. The minimum Gasteiger partial charge on any atom is -0.387 e. The molecule has 3 rings (SSSR count). The Morgan fingerprint density at radius 2 is 1.96 bits per heavy atom. The molecular weight excluding hydrogens is 391 g/mol. The molecule has 0 aliphatic carbocycles. The molecule has 2 aromatic rings. The second-order valence-electron chi connectivity index (χ2n) is 6.23. The van der Waals surface area contributed by atoms with Crippen LogP contribution in [0.25, 0.3) is 0 Å². The highest BCUT2D eigenvalue weighted by atomic mass is 31.2. The molecular formula is C16H21N4O7P. The van der Waals surface area contributed by atoms with Gasteiger partial charge in [0.15, 0.2) is 6.23 Å². The molecule has 1 aliphatic rings. The molecule has 12 heteroatoms. The molecule has 0 spiro atoms. The molecule has 1 fully saturated rings. The maximum absolute atomic E-state index is 12.1. The first-order chi connectivity index (χ1) is 13.3. The van der Waals surface area contributed by atoms with Crippen LogP contribution in [-0.2, 0) is 20.4 Å². The summed E-state index contributed by atoms with van der Waals surface area (Å²) in [5.41, 5.74) is 5.43. The number of aliphatic hydroxyl groups excluding tert-OH is 2. The van der Waals surface area contributed by atoms with Crippen LogP contribution in [0.15, 0.2) is 47.4 Å². The highest BCUT2D eigenvalue weighted by Crippen LogP contribution is 2.39. The summed E-state index contributed by atoms with van der Waals surface area (Å²) in [7, 11) is -4.18. The Hall–Kier alpha value is -2.11. The molecule has 1 saturated heterocycles. The summed E-state index contributed by atoms with van der Waals surface area (Å²) in [6.45, 7) is -0.387. The third-order valence-electron chi connectivity index (χ3n) is 4.20. The van der Waals surface area contributed by atoms with Crippen molar-refractivity contribution in [2.45, 2.75) is 31.1 Å². The Morgan fingerprint density at radius 3 is 2.64 bits per heavy atom. The van der Waals surface area contributed by atoms with Crippen LogP contribution in [-0.4, -0.2) is 49.6 Å². The van der Waals surface area contributed by atoms with E-state index in [2.05, 4.69) is 10.1 Å². The summed E-state index contributed by atoms with van der Waals surface area (Å²) in [6, 6.07) is 10.3. The fourth-order valence-corrected chi connectivity index (χ4v) is 3.55. The minimum absolute atomic E-state index is 0.000113. The van der Waals surface area contributed by atoms with E-state index in [1.165, 1.54) is 12.3 Å². The quantitative estimate of drug-likeness (QED) is 0.368. The Kier molecular flexibility index (Phi) is 6.26. The Morgan fingerprint density at radius 1 is 1.25 bits per heavy atom. The zero-order valence-electron chi connectivity index (χ0n) is 14.7. The lowest BCUT2D eigenvalue weighted by Gasteiger charge is -2.18. The van der Waals surface area contributed by atoms with Gasteiger partial charge in [-0.2, -0.15) is 4.98 Å². The molecule has 6 N–H and O–H groups in total. The fraction of sp³-hybridized carbons (Fsp3) is 0.375. The average Bonchev–Trinajstić information content (AvgIpc) is 2.94. The summed E-state index contributed by atoms with van der Waals surface area (Å²) in [5.74, 6) is -0.000113. The summed E-state index contributed by atoms with van der Waals surface area (Å²) >= 11 is 0. The molecule has 0 amide bonds. The second-order valence-corrected chi connectivity index (χ2v) is 7.84. The fourth-order valence-electron chi connectivity index (χ4n) is 2.72. The Bertz CT molecular complexity index is 909. The van der Waals surface area contributed by atoms with Crippen molar-refractivity contribution < 1.29 is 28.9 Å². The molecule has 152 valence electrons. The first kappa shape index (κ1) is 20.6. The smallest absolute Gasteiger partial charge is 0.387 e. The number of nitrogens with zero attached hydrogens (tertiary/aromatic N) is 2. The van der Waals surface area contributed by atoms with E-state index < -0.39 is 44.6 Å². The van der Waals surface area contributed by atoms with E-state index in [1.807, 2.05) is 6.07 Å². The van der Waals surface area contributed by atoms with Gasteiger partial charge < -0.3 is 25.6 Å². The van der Waals surface area contributed by atoms with Crippen molar-refractivity contribution in [3.8, 4) is 0 Å². The summed E-state index contributed by atoms with van der Waals surface area (Å²) < 4.78 is 23.5. The SMILES string of the molecule is Nc1ccn([C@@H]2O[C@H](COP(=O)(O)NCc3ccccc3)[C@@H](O)[C@@H]2O)c(=O)n1. The molecule has 1 aliphatic heterocycles. The molecule has 1 unspecified atom stereocenters. The Labute approximate surface area is 160 Å². The summed E-state index contributed by atoms with van der Waals surface area (Å²) in [5, 5.41) is 22.7. The molecule has 0 bridgehead atoms. The van der Waals surface area contributed by atoms with E-state index in [4.69, 9.17) is 15.0 Å². The van der Waals surface area contributed by atoms with Crippen LogP contribution in [0.2, 0.25) is 0 Å². The minimum atomic E-state index is -4.18. The summed E-state index contributed by atoms with van der Waals surface area (Å²) in [4.78, 5) is 25.3. The van der Waals surface area contributed by atoms with Gasteiger partial charge >= 0.3 is 13.4 Å². The highest BCUT2D eigenvalue weighted by Gasteiger charge is 2.45. The first-order valence-electron chi connectivity index (χ1n) is 8.39. The number of anilines is 1. The van der Waals surface area contributed by atoms with E-state index in [0.717, 1.165) is 10.1 Å². The third-order valence-corrected chi connectivity index (χ3v) is 5.26. The number of benzene rings is 1. The van der Waals surface area contributed by atoms with Crippen molar-refractivity contribution in [3.63, 3.8) is 0 Å². The molecule has 11 nitrogen and oxygen atoms in total. The third kappa shape index (κ3) is 4.83. The zero-order valence-corrected chi connectivity index (χ0v) is 15.6. The zero-order chi connectivity index (χ0) is 20.3. The van der Waals surface area contributed by atoms with Gasteiger partial charge in [-0.15, -0.1) is 0 Å². The number of hydrogen-bond donors (Lipinski definition) is 5. The normalized spacial score (nSPS) is 26.8. The largest absolute Gasteiger partial charge is 0.403 e. The lowest BCUT2D eigenvalue weighted by Crippen LogP contribution is -2.36. The second kappa shape index (κ2) is 8.50. The Balaban J connectivity index is 1.59. The van der Waals surface area contributed by atoms with Gasteiger partial charge in [0.1, 0.15) is 24.1 Å². The van der Waals surface area contributed by atoms with Gasteiger partial charge in [-0.05, 0) is 11.6 Å². The molecule has 0 saturated carbocycles. The number of hydrogen-bond acceptors (Lipinski definition) is 8. The first-order valence-corrected chi connectivity index (χ1v) is 9.97.